The van der Waals surface area contributed by atoms with Gasteiger partial charge in [0.2, 0.25) is 0 Å². The summed E-state index contributed by atoms with van der Waals surface area (Å²) < 4.78 is 283. The Morgan fingerprint density at radius 1 is 0.167 bits per heavy atom. The molecule has 120 heavy (non-hydrogen) atoms. The zero-order valence-corrected chi connectivity index (χ0v) is 66.7. The molecule has 0 aliphatic carbocycles. The Labute approximate surface area is 680 Å². The van der Waals surface area contributed by atoms with Gasteiger partial charge in [0.15, 0.2) is 23.3 Å². The Kier molecular flexibility index (Phi) is 18.9. The number of H-pyrrole nitrogens is 2. The standard InChI is InChI=1S/C80H50N8O24S8/c89-113(90,91)49-17-1-41(2-18-49)57-33-65-66(34-58(57)42-3-19-50(20-4-42)114(92,93)94)74-81-73(65)85-75-67-35-59(43-5-21-51(22-6-43)115(95,96)97)60(44-7-23-52(24-8-44)116(98,99)100)36-68(67)77(82-75)87-79-71-39-63(47-13-29-55(30-14-47)119(107,108)109)64(48-15-31-56(32-16-48)120(110,111)112)40-72(71)80(84-79)88-78-70-38-62(46-11-27-54(28-12-46)118(104,105)106)61(37-69(70)76(83-78)86-74)45-9-25-53(26-10-45)117(101,102)103/h1-40H,(H,89,90,91)(H,92,93,94)(H,95,96,97)(H,98,99,100)(H,101,102,103)(H,104,105,106)(H,107,108,109)(H,110,111,112)(H2,81,82,83,84,85,86,87,88). The second-order valence-corrected chi connectivity index (χ2v) is 38.8. The summed E-state index contributed by atoms with van der Waals surface area (Å²) in [4.78, 5) is 34.3. The molecule has 0 saturated heterocycles. The van der Waals surface area contributed by atoms with E-state index < -0.39 is 120 Å². The van der Waals surface area contributed by atoms with Crippen molar-refractivity contribution in [2.24, 2.45) is 0 Å². The van der Waals surface area contributed by atoms with Gasteiger partial charge in [-0.3, -0.25) is 36.4 Å². The molecule has 10 N–H and O–H groups in total. The number of rotatable bonds is 16. The highest BCUT2D eigenvalue weighted by molar-refractivity contribution is 7.87. The maximum atomic E-state index is 12.6. The lowest BCUT2D eigenvalue weighted by Gasteiger charge is -2.14. The van der Waals surface area contributed by atoms with Crippen LogP contribution < -0.4 is 0 Å². The Bertz CT molecular complexity index is 7220. The predicted octanol–water partition coefficient (Wildman–Crippen LogP) is 14.2. The average Bonchev–Trinajstić information content (AvgIpc) is 1.57. The van der Waals surface area contributed by atoms with Gasteiger partial charge in [0.1, 0.15) is 22.6 Å². The van der Waals surface area contributed by atoms with Gasteiger partial charge in [0.05, 0.1) is 39.2 Å². The van der Waals surface area contributed by atoms with Gasteiger partial charge in [-0.05, 0) is 235 Å². The third-order valence-electron chi connectivity index (χ3n) is 20.1. The SMILES string of the molecule is O=S(=O)(O)c1ccc(-c2cc3c(cc2-c2ccc(S(=O)(=O)O)cc2)-c2nc-3nc3[nH]c(nc4nc(nc5[nH]c(n2)c2cc(-c6ccc(S(=O)(=O)O)cc6)c(-c6ccc(S(=O)(=O)O)cc6)cc52)-c2cc(-c5ccc(S(=O)(=O)O)cc5)c(-c5ccc(S(=O)(=O)O)cc5)cc2-4)c2cc(-c4ccc(S(=O)(=O)O)cc4)c(-c4ccc(S(=O)(=O)O)cc4)cc32)cc1. The number of aromatic amines is 2. The molecule has 3 aromatic heterocycles. The first kappa shape index (κ1) is 79.7. The van der Waals surface area contributed by atoms with E-state index in [0.29, 0.717) is 0 Å². The first-order valence-electron chi connectivity index (χ1n) is 34.6. The largest absolute Gasteiger partial charge is 0.324 e. The second-order valence-electron chi connectivity index (χ2n) is 27.4. The summed E-state index contributed by atoms with van der Waals surface area (Å²) in [6.07, 6.45) is 0. The van der Waals surface area contributed by atoms with Crippen LogP contribution in [0.4, 0.5) is 0 Å². The minimum Gasteiger partial charge on any atom is -0.324 e. The highest BCUT2D eigenvalue weighted by atomic mass is 32.2. The zero-order valence-electron chi connectivity index (χ0n) is 60.2. The van der Waals surface area contributed by atoms with Crippen LogP contribution in [0.2, 0.25) is 0 Å². The molecule has 32 nitrogen and oxygen atoms in total. The van der Waals surface area contributed by atoms with Gasteiger partial charge in [-0.25, -0.2) is 29.9 Å². The predicted molar refractivity (Wildman–Crippen MR) is 438 cm³/mol. The van der Waals surface area contributed by atoms with E-state index in [1.807, 2.05) is 0 Å². The molecular weight excluding hydrogens is 1710 g/mol. The van der Waals surface area contributed by atoms with Crippen LogP contribution in [0.5, 0.6) is 0 Å². The third kappa shape index (κ3) is 15.1. The van der Waals surface area contributed by atoms with Crippen molar-refractivity contribution >= 4 is 125 Å². The molecule has 0 unspecified atom stereocenters. The van der Waals surface area contributed by atoms with Crippen molar-refractivity contribution < 1.29 is 104 Å². The van der Waals surface area contributed by atoms with Crippen molar-refractivity contribution in [1.29, 1.82) is 0 Å². The summed E-state index contributed by atoms with van der Waals surface area (Å²) >= 11 is 0. The second kappa shape index (κ2) is 28.5. The summed E-state index contributed by atoms with van der Waals surface area (Å²) in [6.45, 7) is 0. The van der Waals surface area contributed by atoms with E-state index in [4.69, 9.17) is 29.9 Å². The van der Waals surface area contributed by atoms with E-state index in [1.54, 1.807) is 48.5 Å². The number of aromatic nitrogens is 8. The molecule has 0 spiro atoms. The maximum Gasteiger partial charge on any atom is 0.294 e. The summed E-state index contributed by atoms with van der Waals surface area (Å²) in [5, 5.41) is 0.806. The van der Waals surface area contributed by atoms with E-state index in [-0.39, 0.29) is 179 Å². The van der Waals surface area contributed by atoms with Crippen LogP contribution in [0.15, 0.2) is 282 Å². The molecule has 602 valence electrons. The van der Waals surface area contributed by atoms with Crippen LogP contribution >= 0.6 is 0 Å². The summed E-state index contributed by atoms with van der Waals surface area (Å²) in [5.41, 5.74) is 5.02. The van der Waals surface area contributed by atoms with Crippen molar-refractivity contribution in [3.63, 3.8) is 0 Å². The zero-order chi connectivity index (χ0) is 85.0. The lowest BCUT2D eigenvalue weighted by atomic mass is 9.90. The normalized spacial score (nSPS) is 12.9. The average molecular weight is 1760 g/mol. The fraction of sp³-hybridized carbons (Fsp3) is 0. The van der Waals surface area contributed by atoms with Gasteiger partial charge in [-0.15, -0.1) is 0 Å². The van der Waals surface area contributed by atoms with E-state index in [0.717, 1.165) is 97.1 Å². The van der Waals surface area contributed by atoms with E-state index in [2.05, 4.69) is 9.97 Å². The van der Waals surface area contributed by atoms with Crippen molar-refractivity contribution in [3.05, 3.63) is 243 Å². The summed E-state index contributed by atoms with van der Waals surface area (Å²) in [5.74, 6) is -0.572. The van der Waals surface area contributed by atoms with Crippen LogP contribution in [-0.4, -0.2) is 144 Å². The van der Waals surface area contributed by atoms with Crippen LogP contribution in [0.3, 0.4) is 0 Å². The molecule has 0 radical (unpaired) electrons. The molecular formula is C80H50N8O24S8. The Balaban J connectivity index is 1.06. The van der Waals surface area contributed by atoms with Crippen molar-refractivity contribution in [2.45, 2.75) is 39.2 Å². The molecule has 12 aromatic carbocycles. The quantitative estimate of drug-likeness (QED) is 0.0402. The smallest absolute Gasteiger partial charge is 0.294 e. The molecule has 2 aliphatic rings. The monoisotopic (exact) mass is 1760 g/mol. The van der Waals surface area contributed by atoms with Crippen molar-refractivity contribution in [2.75, 3.05) is 0 Å². The Hall–Kier alpha value is -12.7. The van der Waals surface area contributed by atoms with E-state index in [9.17, 15) is 104 Å². The number of nitrogens with zero attached hydrogens (tertiary/aromatic N) is 6. The van der Waals surface area contributed by atoms with Crippen LogP contribution in [-0.2, 0) is 80.9 Å². The fourth-order valence-corrected chi connectivity index (χ4v) is 18.2. The Morgan fingerprint density at radius 3 is 0.417 bits per heavy atom. The van der Waals surface area contributed by atoms with Crippen LogP contribution in [0, 0.1) is 0 Å². The van der Waals surface area contributed by atoms with Gasteiger partial charge in [-0.1, -0.05) is 97.1 Å². The lowest BCUT2D eigenvalue weighted by Crippen LogP contribution is -1.98. The Morgan fingerprint density at radius 2 is 0.292 bits per heavy atom. The number of hydrogen-bond acceptors (Lipinski definition) is 22. The molecule has 0 saturated carbocycles. The molecule has 40 heteroatoms. The topological polar surface area (TPSA) is 544 Å². The highest BCUT2D eigenvalue weighted by Gasteiger charge is 2.30. The fourth-order valence-electron chi connectivity index (χ4n) is 14.3. The molecule has 0 atom stereocenters. The molecule has 0 fully saturated rings. The van der Waals surface area contributed by atoms with Crippen molar-refractivity contribution in [1.82, 2.24) is 39.9 Å². The third-order valence-corrected chi connectivity index (χ3v) is 27.0. The molecule has 8 bridgehead atoms. The van der Waals surface area contributed by atoms with Crippen LogP contribution in [0.25, 0.3) is 179 Å². The van der Waals surface area contributed by atoms with Crippen molar-refractivity contribution in [3.8, 4) is 135 Å². The number of hydrogen-bond donors (Lipinski definition) is 10. The highest BCUT2D eigenvalue weighted by Crippen LogP contribution is 2.49. The van der Waals surface area contributed by atoms with Gasteiger partial charge in [0.25, 0.3) is 80.9 Å². The van der Waals surface area contributed by atoms with E-state index in [1.165, 1.54) is 97.1 Å². The molecule has 0 amide bonds. The van der Waals surface area contributed by atoms with Gasteiger partial charge in [-0.2, -0.15) is 67.3 Å². The first-order valence-corrected chi connectivity index (χ1v) is 46.2. The minimum atomic E-state index is -4.79. The summed E-state index contributed by atoms with van der Waals surface area (Å²) in [6, 6.07) is 53.1. The number of nitrogens with one attached hydrogen (secondary N) is 2. The van der Waals surface area contributed by atoms with Crippen LogP contribution in [0.1, 0.15) is 0 Å². The van der Waals surface area contributed by atoms with Gasteiger partial charge < -0.3 is 9.97 Å². The summed E-state index contributed by atoms with van der Waals surface area (Å²) in [7, 11) is -38.3. The lowest BCUT2D eigenvalue weighted by molar-refractivity contribution is 0.481. The number of benzene rings is 12. The number of fused-ring (bicyclic) bond motifs is 20. The molecule has 15 aromatic rings. The van der Waals surface area contributed by atoms with E-state index >= 15 is 0 Å². The molecule has 17 rings (SSSR count). The molecule has 5 heterocycles. The van der Waals surface area contributed by atoms with Gasteiger partial charge >= 0.3 is 0 Å². The maximum absolute atomic E-state index is 12.6. The molecule has 2 aliphatic heterocycles. The van der Waals surface area contributed by atoms with Gasteiger partial charge in [0, 0.05) is 43.8 Å². The first-order chi connectivity index (χ1) is 56.4. The minimum absolute atomic E-state index is 0.0553.